The average molecular weight is 183 g/mol. The van der Waals surface area contributed by atoms with Crippen molar-refractivity contribution in [2.45, 2.75) is 12.8 Å². The van der Waals surface area contributed by atoms with Gasteiger partial charge in [-0.1, -0.05) is 18.7 Å². The van der Waals surface area contributed by atoms with Gasteiger partial charge in [0.2, 0.25) is 0 Å². The second-order valence-corrected chi connectivity index (χ2v) is 2.57. The third-order valence-corrected chi connectivity index (χ3v) is 1.75. The fraction of sp³-hybridized carbons (Fsp3) is 0.222. The van der Waals surface area contributed by atoms with Crippen molar-refractivity contribution in [1.82, 2.24) is 9.97 Å². The van der Waals surface area contributed by atoms with Crippen LogP contribution in [0, 0.1) is 0 Å². The second kappa shape index (κ2) is 4.12. The highest BCUT2D eigenvalue weighted by molar-refractivity contribution is 6.16. The highest BCUT2D eigenvalue weighted by Gasteiger charge is 1.93. The molecule has 0 aliphatic rings. The first kappa shape index (κ1) is 9.07. The Morgan fingerprint density at radius 2 is 2.42 bits per heavy atom. The van der Waals surface area contributed by atoms with Crippen molar-refractivity contribution < 1.29 is 0 Å². The summed E-state index contributed by atoms with van der Waals surface area (Å²) in [6, 6.07) is 0. The average Bonchev–Trinajstić information content (AvgIpc) is 2.48. The summed E-state index contributed by atoms with van der Waals surface area (Å²) in [4.78, 5) is 7.33. The summed E-state index contributed by atoms with van der Waals surface area (Å²) in [6.07, 6.45) is 5.53. The highest BCUT2D eigenvalue weighted by atomic mass is 35.5. The van der Waals surface area contributed by atoms with Crippen LogP contribution in [0.15, 0.2) is 12.7 Å². The van der Waals surface area contributed by atoms with E-state index < -0.39 is 0 Å². The van der Waals surface area contributed by atoms with Gasteiger partial charge in [-0.3, -0.25) is 0 Å². The molecule has 0 spiro atoms. The van der Waals surface area contributed by atoms with Crippen molar-refractivity contribution in [3.05, 3.63) is 29.2 Å². The number of nitrogens with one attached hydrogen (secondary N) is 1. The van der Waals surface area contributed by atoms with Gasteiger partial charge in [0.05, 0.1) is 16.6 Å². The van der Waals surface area contributed by atoms with Crippen LogP contribution in [0.4, 0.5) is 0 Å². The molecule has 1 heterocycles. The maximum absolute atomic E-state index is 5.62. The van der Waals surface area contributed by atoms with Crippen LogP contribution in [0.3, 0.4) is 0 Å². The van der Waals surface area contributed by atoms with Crippen LogP contribution in [-0.4, -0.2) is 9.97 Å². The number of hydrogen-bond donors (Lipinski definition) is 1. The van der Waals surface area contributed by atoms with Crippen molar-refractivity contribution in [2.75, 3.05) is 0 Å². The van der Waals surface area contributed by atoms with Crippen LogP contribution in [0.5, 0.6) is 0 Å². The molecule has 0 radical (unpaired) electrons. The maximum atomic E-state index is 5.62. The molecule has 0 fully saturated rings. The van der Waals surface area contributed by atoms with Crippen molar-refractivity contribution in [3.8, 4) is 0 Å². The molecule has 0 saturated heterocycles. The van der Waals surface area contributed by atoms with Crippen LogP contribution in [-0.2, 0) is 5.88 Å². The van der Waals surface area contributed by atoms with Gasteiger partial charge in [0.25, 0.3) is 0 Å². The molecule has 0 saturated carbocycles. The van der Waals surface area contributed by atoms with Crippen LogP contribution in [0.2, 0.25) is 0 Å². The Kier molecular flexibility index (Phi) is 3.11. The van der Waals surface area contributed by atoms with Crippen LogP contribution in [0.25, 0.3) is 12.2 Å². The summed E-state index contributed by atoms with van der Waals surface area (Å²) in [7, 11) is 0. The molecule has 0 amide bonds. The Balaban J connectivity index is 3.37. The van der Waals surface area contributed by atoms with E-state index in [1.807, 2.05) is 19.1 Å². The lowest BCUT2D eigenvalue weighted by Crippen LogP contribution is -2.23. The largest absolute Gasteiger partial charge is 0.341 e. The summed E-state index contributed by atoms with van der Waals surface area (Å²) in [6.45, 7) is 5.56. The molecular weight excluding hydrogens is 172 g/mol. The van der Waals surface area contributed by atoms with Crippen LogP contribution in [0.1, 0.15) is 12.7 Å². The van der Waals surface area contributed by atoms with Crippen molar-refractivity contribution in [3.63, 3.8) is 0 Å². The predicted octanol–water partition coefficient (Wildman–Crippen LogP) is 0.915. The van der Waals surface area contributed by atoms with Crippen molar-refractivity contribution in [1.29, 1.82) is 0 Å². The summed E-state index contributed by atoms with van der Waals surface area (Å²) >= 11 is 5.62. The molecule has 1 N–H and O–H groups in total. The molecule has 0 unspecified atom stereocenters. The van der Waals surface area contributed by atoms with E-state index in [1.54, 1.807) is 6.08 Å². The zero-order chi connectivity index (χ0) is 8.97. The van der Waals surface area contributed by atoms with Gasteiger partial charge in [-0.25, -0.2) is 4.98 Å². The highest BCUT2D eigenvalue weighted by Crippen LogP contribution is 1.87. The van der Waals surface area contributed by atoms with E-state index in [4.69, 9.17) is 11.6 Å². The maximum Gasteiger partial charge on any atom is 0.122 e. The first-order valence-electron chi connectivity index (χ1n) is 3.71. The lowest BCUT2D eigenvalue weighted by atomic mass is 10.4. The lowest BCUT2D eigenvalue weighted by molar-refractivity contribution is 1.10. The van der Waals surface area contributed by atoms with Crippen molar-refractivity contribution in [2.24, 2.45) is 0 Å². The first-order chi connectivity index (χ1) is 5.81. The summed E-state index contributed by atoms with van der Waals surface area (Å²) < 4.78 is 0. The normalized spacial score (nSPS) is 13.8. The molecule has 1 rings (SSSR count). The number of H-pyrrole nitrogens is 1. The lowest BCUT2D eigenvalue weighted by Gasteiger charge is -1.79. The second-order valence-electron chi connectivity index (χ2n) is 2.31. The molecule has 0 bridgehead atoms. The minimum absolute atomic E-state index is 0.409. The Labute approximate surface area is 76.3 Å². The molecule has 1 aromatic rings. The number of imidazole rings is 1. The summed E-state index contributed by atoms with van der Waals surface area (Å²) in [5, 5.41) is 1.88. The Morgan fingerprint density at radius 1 is 1.67 bits per heavy atom. The zero-order valence-corrected chi connectivity index (χ0v) is 7.73. The number of alkyl halides is 1. The van der Waals surface area contributed by atoms with Crippen LogP contribution >= 0.6 is 11.6 Å². The number of halogens is 1. The molecular formula is C9H11ClN2. The van der Waals surface area contributed by atoms with E-state index in [9.17, 15) is 0 Å². The fourth-order valence-corrected chi connectivity index (χ4v) is 1.11. The Morgan fingerprint density at radius 3 is 2.92 bits per heavy atom. The van der Waals surface area contributed by atoms with Crippen molar-refractivity contribution >= 4 is 23.8 Å². The summed E-state index contributed by atoms with van der Waals surface area (Å²) in [5.74, 6) is 1.20. The molecule has 0 aliphatic heterocycles. The van der Waals surface area contributed by atoms with E-state index in [0.29, 0.717) is 5.88 Å². The van der Waals surface area contributed by atoms with Gasteiger partial charge in [-0.15, -0.1) is 11.6 Å². The standard InChI is InChI=1S/C9H11ClN2/c1-3-5-8-7(4-2)11-9(6-10)12-8/h3-5H,1,6H2,2H3,(H,11,12)/b7-4+,8-5+. The molecule has 1 aromatic heterocycles. The van der Waals surface area contributed by atoms with Gasteiger partial charge in [0.15, 0.2) is 0 Å². The quantitative estimate of drug-likeness (QED) is 0.677. The Bertz CT molecular complexity index is 376. The molecule has 0 aliphatic carbocycles. The number of aromatic amines is 1. The number of nitrogens with zero attached hydrogens (tertiary/aromatic N) is 1. The minimum Gasteiger partial charge on any atom is -0.341 e. The SMILES string of the molecule is C=C/C=c1/[nH]c(CCl)n/c1=C/C. The molecule has 64 valence electrons. The topological polar surface area (TPSA) is 28.7 Å². The van der Waals surface area contributed by atoms with E-state index >= 15 is 0 Å². The summed E-state index contributed by atoms with van der Waals surface area (Å²) in [5.41, 5.74) is 0. The van der Waals surface area contributed by atoms with Gasteiger partial charge < -0.3 is 4.98 Å². The number of aromatic nitrogens is 2. The Hall–Kier alpha value is -1.02. The van der Waals surface area contributed by atoms with E-state index in [-0.39, 0.29) is 0 Å². The number of allylic oxidation sites excluding steroid dienone is 1. The molecule has 0 aromatic carbocycles. The van der Waals surface area contributed by atoms with E-state index in [0.717, 1.165) is 16.5 Å². The molecule has 2 nitrogen and oxygen atoms in total. The predicted molar refractivity (Wildman–Crippen MR) is 52.2 cm³/mol. The first-order valence-corrected chi connectivity index (χ1v) is 4.25. The van der Waals surface area contributed by atoms with Gasteiger partial charge in [-0.05, 0) is 13.0 Å². The molecule has 12 heavy (non-hydrogen) atoms. The monoisotopic (exact) mass is 182 g/mol. The van der Waals surface area contributed by atoms with Gasteiger partial charge in [-0.2, -0.15) is 0 Å². The van der Waals surface area contributed by atoms with E-state index in [1.165, 1.54) is 0 Å². The van der Waals surface area contributed by atoms with Gasteiger partial charge in [0.1, 0.15) is 5.82 Å². The fourth-order valence-electron chi connectivity index (χ4n) is 0.981. The zero-order valence-electron chi connectivity index (χ0n) is 6.97. The van der Waals surface area contributed by atoms with Crippen LogP contribution < -0.4 is 10.7 Å². The minimum atomic E-state index is 0.409. The number of rotatable bonds is 2. The smallest absolute Gasteiger partial charge is 0.122 e. The third kappa shape index (κ3) is 1.77. The number of hydrogen-bond acceptors (Lipinski definition) is 1. The van der Waals surface area contributed by atoms with Gasteiger partial charge in [0, 0.05) is 0 Å². The third-order valence-electron chi connectivity index (χ3n) is 1.49. The molecule has 0 atom stereocenters. The van der Waals surface area contributed by atoms with Gasteiger partial charge >= 0.3 is 0 Å². The molecule has 3 heteroatoms. The van der Waals surface area contributed by atoms with E-state index in [2.05, 4.69) is 16.5 Å².